The Labute approximate surface area is 280 Å². The Morgan fingerprint density at radius 2 is 0.542 bits per heavy atom. The Kier molecular flexibility index (Phi) is 6.69. The van der Waals surface area contributed by atoms with E-state index in [9.17, 15) is 0 Å². The van der Waals surface area contributed by atoms with E-state index in [0.29, 0.717) is 0 Å². The zero-order valence-electron chi connectivity index (χ0n) is 27.2. The lowest BCUT2D eigenvalue weighted by atomic mass is 9.97. The van der Waals surface area contributed by atoms with Gasteiger partial charge in [-0.2, -0.15) is 0 Å². The van der Waals surface area contributed by atoms with E-state index in [2.05, 4.69) is 184 Å². The maximum Gasteiger partial charge on any atom is -0.0105 e. The summed E-state index contributed by atoms with van der Waals surface area (Å²) in [4.78, 5) is 0. The summed E-state index contributed by atoms with van der Waals surface area (Å²) in [6, 6.07) is 54.1. The molecule has 0 heterocycles. The smallest absolute Gasteiger partial charge is 0.0105 e. The lowest BCUT2D eigenvalue weighted by molar-refractivity contribution is 1.51. The standard InChI is InChI=1S/C48H34/c1-31-3-13-37-29-45-25-33(9-15-39(45)27-43(37)21-31)5-7-35-11-19-47-41(23-35)17-18-42-24-36(12-20-48(42)47)8-6-34-10-16-40-28-44-22-32(2)4-14-38(44)30-46(40)26-34/h3-30H,1-2H3. The molecule has 0 nitrogen and oxygen atoms in total. The highest BCUT2D eigenvalue weighted by Gasteiger charge is 2.04. The van der Waals surface area contributed by atoms with E-state index in [1.807, 2.05) is 0 Å². The molecule has 0 atom stereocenters. The average molecular weight is 611 g/mol. The lowest BCUT2D eigenvalue weighted by Gasteiger charge is -2.07. The van der Waals surface area contributed by atoms with Gasteiger partial charge in [0.05, 0.1) is 0 Å². The maximum absolute atomic E-state index is 2.30. The summed E-state index contributed by atoms with van der Waals surface area (Å²) in [5.74, 6) is 0. The topological polar surface area (TPSA) is 0 Å². The first-order valence-corrected chi connectivity index (χ1v) is 16.7. The van der Waals surface area contributed by atoms with Crippen LogP contribution in [-0.2, 0) is 0 Å². The number of aryl methyl sites for hydroxylation is 2. The molecule has 0 N–H and O–H groups in total. The molecular formula is C48H34. The van der Waals surface area contributed by atoms with Crippen molar-refractivity contribution in [2.75, 3.05) is 0 Å². The Morgan fingerprint density at radius 1 is 0.250 bits per heavy atom. The van der Waals surface area contributed by atoms with E-state index in [1.165, 1.54) is 98.0 Å². The first kappa shape index (κ1) is 28.3. The van der Waals surface area contributed by atoms with Crippen LogP contribution in [0.4, 0.5) is 0 Å². The van der Waals surface area contributed by atoms with E-state index >= 15 is 0 Å². The first-order chi connectivity index (χ1) is 23.5. The average Bonchev–Trinajstić information content (AvgIpc) is 3.11. The molecule has 226 valence electrons. The van der Waals surface area contributed by atoms with Crippen LogP contribution in [0.15, 0.2) is 146 Å². The van der Waals surface area contributed by atoms with Gasteiger partial charge in [0, 0.05) is 0 Å². The summed E-state index contributed by atoms with van der Waals surface area (Å²) in [6.45, 7) is 4.30. The predicted octanol–water partition coefficient (Wildman–Crippen LogP) is 13.6. The van der Waals surface area contributed by atoms with Gasteiger partial charge in [-0.25, -0.2) is 0 Å². The third-order valence-corrected chi connectivity index (χ3v) is 9.77. The molecule has 0 heteroatoms. The van der Waals surface area contributed by atoms with Gasteiger partial charge < -0.3 is 0 Å². The van der Waals surface area contributed by atoms with Crippen molar-refractivity contribution in [2.24, 2.45) is 0 Å². The molecule has 9 aromatic rings. The summed E-state index contributed by atoms with van der Waals surface area (Å²) in [7, 11) is 0. The fourth-order valence-corrected chi connectivity index (χ4v) is 7.18. The number of hydrogen-bond donors (Lipinski definition) is 0. The van der Waals surface area contributed by atoms with Crippen molar-refractivity contribution < 1.29 is 0 Å². The highest BCUT2D eigenvalue weighted by atomic mass is 14.1. The quantitative estimate of drug-likeness (QED) is 0.106. The van der Waals surface area contributed by atoms with Crippen LogP contribution in [0.1, 0.15) is 33.4 Å². The normalized spacial score (nSPS) is 12.2. The summed E-state index contributed by atoms with van der Waals surface area (Å²) in [5.41, 5.74) is 7.41. The summed E-state index contributed by atoms with van der Waals surface area (Å²) in [5, 5.41) is 15.3. The molecule has 48 heavy (non-hydrogen) atoms. The van der Waals surface area contributed by atoms with Gasteiger partial charge in [-0.15, -0.1) is 0 Å². The van der Waals surface area contributed by atoms with Gasteiger partial charge in [-0.1, -0.05) is 132 Å². The minimum absolute atomic E-state index is 1.20. The zero-order chi connectivity index (χ0) is 32.2. The zero-order valence-corrected chi connectivity index (χ0v) is 27.2. The van der Waals surface area contributed by atoms with Crippen molar-refractivity contribution >= 4 is 88.9 Å². The number of benzene rings is 9. The molecule has 0 unspecified atom stereocenters. The molecule has 0 spiro atoms. The molecule has 9 aromatic carbocycles. The van der Waals surface area contributed by atoms with Crippen LogP contribution in [0.2, 0.25) is 0 Å². The van der Waals surface area contributed by atoms with Crippen LogP contribution in [0.5, 0.6) is 0 Å². The molecule has 0 amide bonds. The van der Waals surface area contributed by atoms with E-state index in [-0.39, 0.29) is 0 Å². The molecule has 0 aliphatic heterocycles. The highest BCUT2D eigenvalue weighted by molar-refractivity contribution is 6.09. The Morgan fingerprint density at radius 3 is 0.938 bits per heavy atom. The van der Waals surface area contributed by atoms with Gasteiger partial charge in [0.25, 0.3) is 0 Å². The third-order valence-electron chi connectivity index (χ3n) is 9.77. The van der Waals surface area contributed by atoms with Gasteiger partial charge in [-0.3, -0.25) is 0 Å². The van der Waals surface area contributed by atoms with Crippen LogP contribution in [0.3, 0.4) is 0 Å². The van der Waals surface area contributed by atoms with E-state index in [4.69, 9.17) is 0 Å². The second-order valence-electron chi connectivity index (χ2n) is 13.3. The van der Waals surface area contributed by atoms with Gasteiger partial charge in [0.2, 0.25) is 0 Å². The molecule has 0 saturated heterocycles. The van der Waals surface area contributed by atoms with Gasteiger partial charge in [0.1, 0.15) is 0 Å². The van der Waals surface area contributed by atoms with Crippen LogP contribution in [0, 0.1) is 13.8 Å². The molecule has 9 rings (SSSR count). The summed E-state index contributed by atoms with van der Waals surface area (Å²) >= 11 is 0. The minimum Gasteiger partial charge on any atom is -0.0587 e. The molecule has 0 bridgehead atoms. The second kappa shape index (κ2) is 11.4. The molecular weight excluding hydrogens is 577 g/mol. The minimum atomic E-state index is 1.20. The molecule has 0 aliphatic rings. The Balaban J connectivity index is 0.965. The lowest BCUT2D eigenvalue weighted by Crippen LogP contribution is -1.82. The van der Waals surface area contributed by atoms with E-state index in [0.717, 1.165) is 0 Å². The largest absolute Gasteiger partial charge is 0.0587 e. The van der Waals surface area contributed by atoms with Gasteiger partial charge in [-0.05, 0) is 149 Å². The van der Waals surface area contributed by atoms with Crippen molar-refractivity contribution in [2.45, 2.75) is 13.8 Å². The van der Waals surface area contributed by atoms with Crippen molar-refractivity contribution in [3.63, 3.8) is 0 Å². The van der Waals surface area contributed by atoms with Crippen molar-refractivity contribution in [3.8, 4) is 0 Å². The van der Waals surface area contributed by atoms with Crippen molar-refractivity contribution in [1.29, 1.82) is 0 Å². The van der Waals surface area contributed by atoms with Crippen LogP contribution in [-0.4, -0.2) is 0 Å². The van der Waals surface area contributed by atoms with Crippen LogP contribution in [0.25, 0.3) is 88.9 Å². The molecule has 0 fully saturated rings. The maximum atomic E-state index is 2.30. The summed E-state index contributed by atoms with van der Waals surface area (Å²) in [6.07, 6.45) is 8.88. The fourth-order valence-electron chi connectivity index (χ4n) is 7.18. The number of rotatable bonds is 4. The monoisotopic (exact) mass is 610 g/mol. The first-order valence-electron chi connectivity index (χ1n) is 16.7. The van der Waals surface area contributed by atoms with Gasteiger partial charge in [0.15, 0.2) is 0 Å². The Hall–Kier alpha value is -5.98. The van der Waals surface area contributed by atoms with Crippen molar-refractivity contribution in [3.05, 3.63) is 179 Å². The summed E-state index contributed by atoms with van der Waals surface area (Å²) < 4.78 is 0. The molecule has 0 aromatic heterocycles. The molecule has 0 saturated carbocycles. The Bertz CT molecular complexity index is 2600. The van der Waals surface area contributed by atoms with Crippen LogP contribution < -0.4 is 0 Å². The molecule has 0 radical (unpaired) electrons. The molecule has 0 aliphatic carbocycles. The highest BCUT2D eigenvalue weighted by Crippen LogP contribution is 2.30. The van der Waals surface area contributed by atoms with E-state index < -0.39 is 0 Å². The van der Waals surface area contributed by atoms with Crippen LogP contribution >= 0.6 is 0 Å². The van der Waals surface area contributed by atoms with E-state index in [1.54, 1.807) is 0 Å². The van der Waals surface area contributed by atoms with Gasteiger partial charge >= 0.3 is 0 Å². The second-order valence-corrected chi connectivity index (χ2v) is 13.3. The third kappa shape index (κ3) is 5.32. The predicted molar refractivity (Wildman–Crippen MR) is 212 cm³/mol. The number of fused-ring (bicyclic) bond motifs is 7. The fraction of sp³-hybridized carbons (Fsp3) is 0.0417. The SMILES string of the molecule is Cc1ccc2cc3cc(C=Cc4ccc5c(ccc6cc(C=Cc7ccc8cc9cc(C)ccc9cc8c7)ccc65)c4)ccc3cc2c1. The number of hydrogen-bond acceptors (Lipinski definition) is 0. The van der Waals surface area contributed by atoms with Crippen molar-refractivity contribution in [1.82, 2.24) is 0 Å².